The standard InChI is InChI=1S/C21H21FN2O4S/c1-12-3-8-16-17(10-23)20(29-18(16)9-12)24-19(25)11-27-21(26)13(2)28-15-6-4-14(22)5-7-15/h4-7,12-13H,3,8-9,11H2,1-2H3,(H,24,25)/t12-,13-/m1/s1. The Morgan fingerprint density at radius 1 is 1.38 bits per heavy atom. The smallest absolute Gasteiger partial charge is 0.347 e. The van der Waals surface area contributed by atoms with E-state index in [2.05, 4.69) is 18.3 Å². The lowest BCUT2D eigenvalue weighted by Gasteiger charge is -2.17. The van der Waals surface area contributed by atoms with E-state index in [1.54, 1.807) is 0 Å². The molecule has 0 unspecified atom stereocenters. The maximum atomic E-state index is 12.9. The maximum absolute atomic E-state index is 12.9. The van der Waals surface area contributed by atoms with Crippen molar-refractivity contribution in [3.05, 3.63) is 46.1 Å². The fraction of sp³-hybridized carbons (Fsp3) is 0.381. The number of hydrogen-bond donors (Lipinski definition) is 1. The van der Waals surface area contributed by atoms with Crippen molar-refractivity contribution >= 4 is 28.2 Å². The van der Waals surface area contributed by atoms with Gasteiger partial charge in [0.2, 0.25) is 0 Å². The first-order chi connectivity index (χ1) is 13.9. The van der Waals surface area contributed by atoms with Crippen LogP contribution in [0, 0.1) is 23.1 Å². The second-order valence-electron chi connectivity index (χ2n) is 7.04. The average Bonchev–Trinajstić information content (AvgIpc) is 3.03. The molecule has 0 saturated heterocycles. The minimum absolute atomic E-state index is 0.317. The maximum Gasteiger partial charge on any atom is 0.347 e. The van der Waals surface area contributed by atoms with Crippen molar-refractivity contribution in [2.45, 2.75) is 39.2 Å². The molecule has 2 atom stereocenters. The molecule has 2 aromatic rings. The Morgan fingerprint density at radius 2 is 2.10 bits per heavy atom. The van der Waals surface area contributed by atoms with E-state index in [1.165, 1.54) is 42.5 Å². The van der Waals surface area contributed by atoms with Crippen LogP contribution in [0.15, 0.2) is 24.3 Å². The normalized spacial score (nSPS) is 16.3. The lowest BCUT2D eigenvalue weighted by Crippen LogP contribution is -2.29. The molecule has 1 amide bonds. The number of carbonyl (C=O) groups is 2. The monoisotopic (exact) mass is 416 g/mol. The summed E-state index contributed by atoms with van der Waals surface area (Å²) >= 11 is 1.41. The van der Waals surface area contributed by atoms with Gasteiger partial charge in [-0.05, 0) is 61.9 Å². The van der Waals surface area contributed by atoms with Crippen molar-refractivity contribution < 1.29 is 23.5 Å². The highest BCUT2D eigenvalue weighted by Crippen LogP contribution is 2.39. The summed E-state index contributed by atoms with van der Waals surface area (Å²) in [6.45, 7) is 3.16. The number of hydrogen-bond acceptors (Lipinski definition) is 6. The van der Waals surface area contributed by atoms with E-state index in [9.17, 15) is 19.2 Å². The van der Waals surface area contributed by atoms with Crippen LogP contribution in [0.1, 0.15) is 36.3 Å². The summed E-state index contributed by atoms with van der Waals surface area (Å²) in [4.78, 5) is 25.4. The quantitative estimate of drug-likeness (QED) is 0.723. The Hall–Kier alpha value is -2.92. The van der Waals surface area contributed by atoms with Gasteiger partial charge in [-0.15, -0.1) is 11.3 Å². The highest BCUT2D eigenvalue weighted by Gasteiger charge is 2.25. The number of ether oxygens (including phenoxy) is 2. The first kappa shape index (κ1) is 20.8. The zero-order chi connectivity index (χ0) is 21.0. The predicted octanol–water partition coefficient (Wildman–Crippen LogP) is 3.83. The van der Waals surface area contributed by atoms with E-state index in [-0.39, 0.29) is 0 Å². The Labute approximate surface area is 172 Å². The van der Waals surface area contributed by atoms with Crippen LogP contribution in [0.25, 0.3) is 0 Å². The minimum Gasteiger partial charge on any atom is -0.479 e. The second kappa shape index (κ2) is 9.05. The van der Waals surface area contributed by atoms with E-state index < -0.39 is 30.4 Å². The molecular formula is C21H21FN2O4S. The van der Waals surface area contributed by atoms with Crippen molar-refractivity contribution in [1.82, 2.24) is 0 Å². The summed E-state index contributed by atoms with van der Waals surface area (Å²) in [6, 6.07) is 7.41. The van der Waals surface area contributed by atoms with Gasteiger partial charge in [0, 0.05) is 4.88 Å². The van der Waals surface area contributed by atoms with Crippen molar-refractivity contribution in [3.8, 4) is 11.8 Å². The Morgan fingerprint density at radius 3 is 2.79 bits per heavy atom. The van der Waals surface area contributed by atoms with Gasteiger partial charge in [-0.3, -0.25) is 4.79 Å². The Kier molecular flexibility index (Phi) is 6.49. The Balaban J connectivity index is 1.54. The van der Waals surface area contributed by atoms with Crippen molar-refractivity contribution in [1.29, 1.82) is 5.26 Å². The summed E-state index contributed by atoms with van der Waals surface area (Å²) in [5.74, 6) is -0.775. The molecule has 1 aromatic carbocycles. The molecule has 0 fully saturated rings. The number of halogens is 1. The summed E-state index contributed by atoms with van der Waals surface area (Å²) in [5.41, 5.74) is 1.52. The largest absolute Gasteiger partial charge is 0.479 e. The molecule has 0 bridgehead atoms. The summed E-state index contributed by atoms with van der Waals surface area (Å²) in [7, 11) is 0. The van der Waals surface area contributed by atoms with Crippen LogP contribution in [0.3, 0.4) is 0 Å². The van der Waals surface area contributed by atoms with Crippen LogP contribution >= 0.6 is 11.3 Å². The van der Waals surface area contributed by atoms with Crippen LogP contribution in [-0.2, 0) is 27.2 Å². The molecular weight excluding hydrogens is 395 g/mol. The van der Waals surface area contributed by atoms with Crippen LogP contribution < -0.4 is 10.1 Å². The van der Waals surface area contributed by atoms with Gasteiger partial charge in [-0.25, -0.2) is 9.18 Å². The van der Waals surface area contributed by atoms with Gasteiger partial charge in [-0.1, -0.05) is 6.92 Å². The third-order valence-electron chi connectivity index (χ3n) is 4.68. The van der Waals surface area contributed by atoms with Crippen molar-refractivity contribution in [2.75, 3.05) is 11.9 Å². The van der Waals surface area contributed by atoms with Gasteiger partial charge < -0.3 is 14.8 Å². The van der Waals surface area contributed by atoms with E-state index >= 15 is 0 Å². The number of carbonyl (C=O) groups excluding carboxylic acids is 2. The molecule has 0 radical (unpaired) electrons. The van der Waals surface area contributed by atoms with Crippen LogP contribution in [0.5, 0.6) is 5.75 Å². The minimum atomic E-state index is -0.960. The molecule has 0 aliphatic heterocycles. The highest BCUT2D eigenvalue weighted by molar-refractivity contribution is 7.16. The molecule has 3 rings (SSSR count). The summed E-state index contributed by atoms with van der Waals surface area (Å²) < 4.78 is 23.3. The molecule has 152 valence electrons. The number of rotatable bonds is 6. The van der Waals surface area contributed by atoms with E-state index in [4.69, 9.17) is 9.47 Å². The van der Waals surface area contributed by atoms with Gasteiger partial charge >= 0.3 is 5.97 Å². The number of esters is 1. The molecule has 0 saturated carbocycles. The van der Waals surface area contributed by atoms with Crippen molar-refractivity contribution in [2.24, 2.45) is 5.92 Å². The average molecular weight is 416 g/mol. The number of nitrogens with zero attached hydrogens (tertiary/aromatic N) is 1. The molecule has 1 heterocycles. The summed E-state index contributed by atoms with van der Waals surface area (Å²) in [5, 5.41) is 12.7. The number of amides is 1. The highest BCUT2D eigenvalue weighted by atomic mass is 32.1. The van der Waals surface area contributed by atoms with Gasteiger partial charge in [0.15, 0.2) is 12.7 Å². The van der Waals surface area contributed by atoms with Crippen LogP contribution in [0.2, 0.25) is 0 Å². The predicted molar refractivity (Wildman–Crippen MR) is 106 cm³/mol. The lowest BCUT2D eigenvalue weighted by atomic mass is 9.89. The molecule has 1 aliphatic rings. The topological polar surface area (TPSA) is 88.4 Å². The number of thiophene rings is 1. The van der Waals surface area contributed by atoms with E-state index in [1.807, 2.05) is 0 Å². The zero-order valence-electron chi connectivity index (χ0n) is 16.2. The first-order valence-electron chi connectivity index (χ1n) is 9.30. The number of fused-ring (bicyclic) bond motifs is 1. The fourth-order valence-corrected chi connectivity index (χ4v) is 4.52. The van der Waals surface area contributed by atoms with Gasteiger partial charge in [0.05, 0.1) is 5.56 Å². The van der Waals surface area contributed by atoms with E-state index in [0.29, 0.717) is 22.2 Å². The van der Waals surface area contributed by atoms with Gasteiger partial charge in [-0.2, -0.15) is 5.26 Å². The first-order valence-corrected chi connectivity index (χ1v) is 10.1. The molecule has 1 N–H and O–H groups in total. The molecule has 0 spiro atoms. The number of nitriles is 1. The van der Waals surface area contributed by atoms with Crippen molar-refractivity contribution in [3.63, 3.8) is 0 Å². The number of benzene rings is 1. The number of anilines is 1. The fourth-order valence-electron chi connectivity index (χ4n) is 3.14. The number of nitrogens with one attached hydrogen (secondary N) is 1. The second-order valence-corrected chi connectivity index (χ2v) is 8.14. The summed E-state index contributed by atoms with van der Waals surface area (Å²) in [6.07, 6.45) is 1.80. The van der Waals surface area contributed by atoms with Gasteiger partial charge in [0.25, 0.3) is 5.91 Å². The Bertz CT molecular complexity index is 949. The molecule has 29 heavy (non-hydrogen) atoms. The van der Waals surface area contributed by atoms with E-state index in [0.717, 1.165) is 29.7 Å². The molecule has 1 aromatic heterocycles. The molecule has 1 aliphatic carbocycles. The zero-order valence-corrected chi connectivity index (χ0v) is 17.0. The third-order valence-corrected chi connectivity index (χ3v) is 5.85. The lowest BCUT2D eigenvalue weighted by molar-refractivity contribution is -0.153. The van der Waals surface area contributed by atoms with Crippen LogP contribution in [-0.4, -0.2) is 24.6 Å². The SMILES string of the molecule is C[C@@H]1CCc2c(sc(NC(=O)COC(=O)[C@@H](C)Oc3ccc(F)cc3)c2C#N)C1. The van der Waals surface area contributed by atoms with Crippen LogP contribution in [0.4, 0.5) is 9.39 Å². The molecule has 6 nitrogen and oxygen atoms in total. The van der Waals surface area contributed by atoms with Gasteiger partial charge in [0.1, 0.15) is 22.6 Å². The third kappa shape index (κ3) is 5.12. The molecule has 8 heteroatoms.